The molecular weight excluding hydrogens is 266 g/mol. The van der Waals surface area contributed by atoms with E-state index in [0.29, 0.717) is 6.04 Å². The van der Waals surface area contributed by atoms with Gasteiger partial charge in [-0.1, -0.05) is 0 Å². The fourth-order valence-electron chi connectivity index (χ4n) is 2.29. The zero-order valence-corrected chi connectivity index (χ0v) is 11.3. The second-order valence-electron chi connectivity index (χ2n) is 4.40. The van der Waals surface area contributed by atoms with Gasteiger partial charge in [-0.3, -0.25) is 4.79 Å². The Morgan fingerprint density at radius 1 is 1.50 bits per heavy atom. The fraction of sp³-hybridized carbons (Fsp3) is 0.462. The second-order valence-corrected chi connectivity index (χ2v) is 5.26. The number of hydrogen-bond acceptors (Lipinski definition) is 2. The largest absolute Gasteiger partial charge is 0.369 e. The van der Waals surface area contributed by atoms with E-state index in [1.807, 2.05) is 12.1 Å². The van der Waals surface area contributed by atoms with Crippen molar-refractivity contribution in [2.75, 3.05) is 11.4 Å². The molecule has 1 aliphatic rings. The molecule has 1 aromatic carbocycles. The number of carbonyl (C=O) groups is 1. The monoisotopic (exact) mass is 281 g/mol. The SMILES string of the molecule is CC(=O)c1ccc(N2CCCC2C)cc1Br. The highest BCUT2D eigenvalue weighted by atomic mass is 79.9. The van der Waals surface area contributed by atoms with Crippen LogP contribution in [0.5, 0.6) is 0 Å². The van der Waals surface area contributed by atoms with Crippen LogP contribution in [0.2, 0.25) is 0 Å². The number of hydrogen-bond donors (Lipinski definition) is 0. The molecule has 0 amide bonds. The number of carbonyl (C=O) groups excluding carboxylic acids is 1. The first-order valence-corrected chi connectivity index (χ1v) is 6.46. The van der Waals surface area contributed by atoms with Gasteiger partial charge in [-0.15, -0.1) is 0 Å². The van der Waals surface area contributed by atoms with E-state index in [-0.39, 0.29) is 5.78 Å². The van der Waals surface area contributed by atoms with Crippen LogP contribution < -0.4 is 4.90 Å². The van der Waals surface area contributed by atoms with Crippen LogP contribution in [0.1, 0.15) is 37.0 Å². The first kappa shape index (κ1) is 11.6. The Balaban J connectivity index is 2.30. The van der Waals surface area contributed by atoms with Crippen molar-refractivity contribution >= 4 is 27.4 Å². The zero-order valence-electron chi connectivity index (χ0n) is 9.66. The molecule has 0 aliphatic carbocycles. The van der Waals surface area contributed by atoms with Gasteiger partial charge < -0.3 is 4.90 Å². The van der Waals surface area contributed by atoms with Gasteiger partial charge in [-0.05, 0) is 60.8 Å². The van der Waals surface area contributed by atoms with Crippen LogP contribution in [-0.2, 0) is 0 Å². The number of ketones is 1. The summed E-state index contributed by atoms with van der Waals surface area (Å²) < 4.78 is 0.900. The molecule has 2 nitrogen and oxygen atoms in total. The quantitative estimate of drug-likeness (QED) is 0.772. The van der Waals surface area contributed by atoms with Crippen molar-refractivity contribution in [2.24, 2.45) is 0 Å². The molecule has 1 unspecified atom stereocenters. The van der Waals surface area contributed by atoms with Crippen molar-refractivity contribution in [3.8, 4) is 0 Å². The molecule has 3 heteroatoms. The van der Waals surface area contributed by atoms with Crippen molar-refractivity contribution < 1.29 is 4.79 Å². The van der Waals surface area contributed by atoms with E-state index in [9.17, 15) is 4.79 Å². The highest BCUT2D eigenvalue weighted by molar-refractivity contribution is 9.10. The van der Waals surface area contributed by atoms with Crippen LogP contribution in [0.3, 0.4) is 0 Å². The summed E-state index contributed by atoms with van der Waals surface area (Å²) in [7, 11) is 0. The maximum atomic E-state index is 11.3. The molecular formula is C13H16BrNO. The fourth-order valence-corrected chi connectivity index (χ4v) is 2.93. The molecule has 16 heavy (non-hydrogen) atoms. The highest BCUT2D eigenvalue weighted by Gasteiger charge is 2.21. The molecule has 0 spiro atoms. The Morgan fingerprint density at radius 2 is 2.25 bits per heavy atom. The molecule has 1 aliphatic heterocycles. The minimum Gasteiger partial charge on any atom is -0.369 e. The summed E-state index contributed by atoms with van der Waals surface area (Å²) in [5, 5.41) is 0. The molecule has 2 rings (SSSR count). The van der Waals surface area contributed by atoms with E-state index in [1.165, 1.54) is 18.5 Å². The van der Waals surface area contributed by atoms with Crippen molar-refractivity contribution in [2.45, 2.75) is 32.7 Å². The van der Waals surface area contributed by atoms with E-state index in [2.05, 4.69) is 33.8 Å². The van der Waals surface area contributed by atoms with E-state index < -0.39 is 0 Å². The van der Waals surface area contributed by atoms with Gasteiger partial charge in [0.2, 0.25) is 0 Å². The zero-order chi connectivity index (χ0) is 11.7. The summed E-state index contributed by atoms with van der Waals surface area (Å²) in [4.78, 5) is 13.7. The standard InChI is InChI=1S/C13H16BrNO/c1-9-4-3-7-15(9)11-5-6-12(10(2)16)13(14)8-11/h5-6,8-9H,3-4,7H2,1-2H3. The van der Waals surface area contributed by atoms with Crippen LogP contribution in [0.25, 0.3) is 0 Å². The van der Waals surface area contributed by atoms with Crippen LogP contribution in [-0.4, -0.2) is 18.4 Å². The Morgan fingerprint density at radius 3 is 2.75 bits per heavy atom. The molecule has 0 radical (unpaired) electrons. The average molecular weight is 282 g/mol. The smallest absolute Gasteiger partial charge is 0.160 e. The third kappa shape index (κ3) is 2.14. The summed E-state index contributed by atoms with van der Waals surface area (Å²) in [6.07, 6.45) is 2.51. The van der Waals surface area contributed by atoms with Crippen molar-refractivity contribution in [3.63, 3.8) is 0 Å². The number of nitrogens with zero attached hydrogens (tertiary/aromatic N) is 1. The number of Topliss-reactive ketones (excluding diaryl/α,β-unsaturated/α-hetero) is 1. The lowest BCUT2D eigenvalue weighted by Gasteiger charge is -2.24. The highest BCUT2D eigenvalue weighted by Crippen LogP contribution is 2.29. The Kier molecular flexibility index (Phi) is 3.33. The minimum absolute atomic E-state index is 0.105. The molecule has 0 bridgehead atoms. The Labute approximate surface area is 105 Å². The van der Waals surface area contributed by atoms with Crippen LogP contribution in [0.4, 0.5) is 5.69 Å². The summed E-state index contributed by atoms with van der Waals surface area (Å²) in [6.45, 7) is 4.96. The van der Waals surface area contributed by atoms with Gasteiger partial charge in [0.15, 0.2) is 5.78 Å². The van der Waals surface area contributed by atoms with Crippen molar-refractivity contribution in [1.29, 1.82) is 0 Å². The van der Waals surface area contributed by atoms with Gasteiger partial charge in [-0.2, -0.15) is 0 Å². The summed E-state index contributed by atoms with van der Waals surface area (Å²) in [6, 6.07) is 6.62. The lowest BCUT2D eigenvalue weighted by atomic mass is 10.1. The van der Waals surface area contributed by atoms with Gasteiger partial charge >= 0.3 is 0 Å². The molecule has 1 saturated heterocycles. The van der Waals surface area contributed by atoms with E-state index >= 15 is 0 Å². The lowest BCUT2D eigenvalue weighted by Crippen LogP contribution is -2.26. The van der Waals surface area contributed by atoms with E-state index in [0.717, 1.165) is 16.6 Å². The van der Waals surface area contributed by atoms with Gasteiger partial charge in [0.25, 0.3) is 0 Å². The Bertz CT molecular complexity index is 416. The van der Waals surface area contributed by atoms with Gasteiger partial charge in [0, 0.05) is 28.3 Å². The van der Waals surface area contributed by atoms with Gasteiger partial charge in [-0.25, -0.2) is 0 Å². The van der Waals surface area contributed by atoms with Crippen LogP contribution >= 0.6 is 15.9 Å². The average Bonchev–Trinajstić information content (AvgIpc) is 2.63. The van der Waals surface area contributed by atoms with Crippen molar-refractivity contribution in [3.05, 3.63) is 28.2 Å². The lowest BCUT2D eigenvalue weighted by molar-refractivity contribution is 0.101. The Hall–Kier alpha value is -0.830. The third-order valence-electron chi connectivity index (χ3n) is 3.22. The molecule has 1 heterocycles. The number of benzene rings is 1. The molecule has 86 valence electrons. The first-order valence-electron chi connectivity index (χ1n) is 5.66. The predicted molar refractivity (Wildman–Crippen MR) is 70.2 cm³/mol. The molecule has 0 aromatic heterocycles. The maximum absolute atomic E-state index is 11.3. The molecule has 0 N–H and O–H groups in total. The van der Waals surface area contributed by atoms with Crippen LogP contribution in [0, 0.1) is 0 Å². The molecule has 0 saturated carbocycles. The summed E-state index contributed by atoms with van der Waals surface area (Å²) in [5.41, 5.74) is 1.97. The number of anilines is 1. The normalized spacial score (nSPS) is 20.2. The first-order chi connectivity index (χ1) is 7.59. The molecule has 1 aromatic rings. The maximum Gasteiger partial charge on any atom is 0.160 e. The minimum atomic E-state index is 0.105. The predicted octanol–water partition coefficient (Wildman–Crippen LogP) is 3.64. The second kappa shape index (κ2) is 4.58. The third-order valence-corrected chi connectivity index (χ3v) is 3.87. The summed E-state index contributed by atoms with van der Waals surface area (Å²) >= 11 is 3.47. The molecule has 1 fully saturated rings. The van der Waals surface area contributed by atoms with Crippen LogP contribution in [0.15, 0.2) is 22.7 Å². The number of halogens is 1. The van der Waals surface area contributed by atoms with E-state index in [4.69, 9.17) is 0 Å². The van der Waals surface area contributed by atoms with Crippen molar-refractivity contribution in [1.82, 2.24) is 0 Å². The van der Waals surface area contributed by atoms with Gasteiger partial charge in [0.1, 0.15) is 0 Å². The van der Waals surface area contributed by atoms with E-state index in [1.54, 1.807) is 6.92 Å². The number of rotatable bonds is 2. The topological polar surface area (TPSA) is 20.3 Å². The summed E-state index contributed by atoms with van der Waals surface area (Å²) in [5.74, 6) is 0.105. The molecule has 1 atom stereocenters. The van der Waals surface area contributed by atoms with Gasteiger partial charge in [0.05, 0.1) is 0 Å².